The van der Waals surface area contributed by atoms with E-state index in [0.29, 0.717) is 0 Å². The number of benzene rings is 1. The number of nitrogens with zero attached hydrogens (tertiary/aromatic N) is 1. The van der Waals surface area contributed by atoms with Crippen LogP contribution in [0.25, 0.3) is 0 Å². The van der Waals surface area contributed by atoms with Crippen LogP contribution in [-0.2, 0) is 11.0 Å². The number of amides is 1. The average molecular weight is 422 g/mol. The van der Waals surface area contributed by atoms with Crippen molar-refractivity contribution in [3.63, 3.8) is 0 Å². The SMILES string of the molecule is CC(NC(=O)COc1ccc(C(F)(F)F)cc1)c1cccc(OCC(F)(F)F)n1. The predicted molar refractivity (Wildman–Crippen MR) is 89.3 cm³/mol. The Hall–Kier alpha value is -2.98. The molecule has 1 amide bonds. The number of hydrogen-bond donors (Lipinski definition) is 1. The van der Waals surface area contributed by atoms with Gasteiger partial charge in [0.2, 0.25) is 5.88 Å². The maximum absolute atomic E-state index is 12.5. The fraction of sp³-hybridized carbons (Fsp3) is 0.333. The zero-order valence-electron chi connectivity index (χ0n) is 15.0. The molecule has 0 saturated heterocycles. The molecule has 11 heteroatoms. The van der Waals surface area contributed by atoms with E-state index in [2.05, 4.69) is 15.0 Å². The Balaban J connectivity index is 1.87. The van der Waals surface area contributed by atoms with Crippen molar-refractivity contribution in [1.29, 1.82) is 0 Å². The minimum absolute atomic E-state index is 0.0708. The van der Waals surface area contributed by atoms with Crippen LogP contribution in [0.1, 0.15) is 24.2 Å². The van der Waals surface area contributed by atoms with Gasteiger partial charge >= 0.3 is 12.4 Å². The predicted octanol–water partition coefficient (Wildman–Crippen LogP) is 4.30. The second-order valence-corrected chi connectivity index (χ2v) is 5.90. The van der Waals surface area contributed by atoms with Crippen molar-refractivity contribution in [3.05, 3.63) is 53.7 Å². The molecule has 2 aromatic rings. The molecule has 0 bridgehead atoms. The Morgan fingerprint density at radius 3 is 2.28 bits per heavy atom. The number of carbonyl (C=O) groups excluding carboxylic acids is 1. The van der Waals surface area contributed by atoms with E-state index in [9.17, 15) is 31.1 Å². The van der Waals surface area contributed by atoms with Crippen LogP contribution in [0.2, 0.25) is 0 Å². The van der Waals surface area contributed by atoms with Crippen LogP contribution in [0, 0.1) is 0 Å². The third-order valence-electron chi connectivity index (χ3n) is 3.50. The molecular formula is C18H16F6N2O3. The molecule has 1 unspecified atom stereocenters. The highest BCUT2D eigenvalue weighted by Gasteiger charge is 2.30. The first-order valence-electron chi connectivity index (χ1n) is 8.20. The standard InChI is InChI=1S/C18H16F6N2O3/c1-11(14-3-2-4-16(26-14)29-10-17(19,20)21)25-15(27)9-28-13-7-5-12(6-8-13)18(22,23)24/h2-8,11H,9-10H2,1H3,(H,25,27). The molecular weight excluding hydrogens is 406 g/mol. The highest BCUT2D eigenvalue weighted by atomic mass is 19.4. The first kappa shape index (κ1) is 22.3. The fourth-order valence-corrected chi connectivity index (χ4v) is 2.15. The molecule has 5 nitrogen and oxygen atoms in total. The van der Waals surface area contributed by atoms with Crippen molar-refractivity contribution in [1.82, 2.24) is 10.3 Å². The normalized spacial score (nSPS) is 12.9. The lowest BCUT2D eigenvalue weighted by Crippen LogP contribution is -2.31. The summed E-state index contributed by atoms with van der Waals surface area (Å²) in [6.45, 7) is -0.420. The Morgan fingerprint density at radius 2 is 1.69 bits per heavy atom. The van der Waals surface area contributed by atoms with Gasteiger partial charge in [0.05, 0.1) is 17.3 Å². The number of pyridine rings is 1. The van der Waals surface area contributed by atoms with Crippen LogP contribution in [-0.4, -0.2) is 30.3 Å². The first-order valence-corrected chi connectivity index (χ1v) is 8.20. The lowest BCUT2D eigenvalue weighted by molar-refractivity contribution is -0.154. The fourth-order valence-electron chi connectivity index (χ4n) is 2.15. The summed E-state index contributed by atoms with van der Waals surface area (Å²) in [7, 11) is 0. The third-order valence-corrected chi connectivity index (χ3v) is 3.50. The number of nitrogens with one attached hydrogen (secondary N) is 1. The summed E-state index contributed by atoms with van der Waals surface area (Å²) >= 11 is 0. The van der Waals surface area contributed by atoms with Gasteiger partial charge in [0.25, 0.3) is 5.91 Å². The zero-order valence-corrected chi connectivity index (χ0v) is 15.0. The van der Waals surface area contributed by atoms with Gasteiger partial charge < -0.3 is 14.8 Å². The molecule has 29 heavy (non-hydrogen) atoms. The van der Waals surface area contributed by atoms with Gasteiger partial charge in [-0.2, -0.15) is 26.3 Å². The Labute approximate surface area is 161 Å². The summed E-state index contributed by atoms with van der Waals surface area (Å²) in [5.74, 6) is -0.774. The van der Waals surface area contributed by atoms with Crippen molar-refractivity contribution in [2.24, 2.45) is 0 Å². The van der Waals surface area contributed by atoms with Gasteiger partial charge in [-0.25, -0.2) is 4.98 Å². The van der Waals surface area contributed by atoms with Crippen molar-refractivity contribution < 1.29 is 40.6 Å². The van der Waals surface area contributed by atoms with E-state index in [0.717, 1.165) is 24.3 Å². The lowest BCUT2D eigenvalue weighted by atomic mass is 10.2. The first-order chi connectivity index (χ1) is 13.4. The third kappa shape index (κ3) is 7.51. The molecule has 1 atom stereocenters. The number of alkyl halides is 6. The van der Waals surface area contributed by atoms with E-state index < -0.39 is 43.1 Å². The Bertz CT molecular complexity index is 822. The van der Waals surface area contributed by atoms with Crippen LogP contribution >= 0.6 is 0 Å². The smallest absolute Gasteiger partial charge is 0.422 e. The summed E-state index contributed by atoms with van der Waals surface area (Å²) in [5, 5.41) is 2.52. The van der Waals surface area contributed by atoms with Crippen molar-refractivity contribution in [2.45, 2.75) is 25.3 Å². The molecule has 0 aliphatic heterocycles. The van der Waals surface area contributed by atoms with Crippen LogP contribution in [0.5, 0.6) is 11.6 Å². The van der Waals surface area contributed by atoms with E-state index in [1.54, 1.807) is 6.92 Å². The van der Waals surface area contributed by atoms with Crippen LogP contribution < -0.4 is 14.8 Å². The molecule has 0 aliphatic rings. The number of carbonyl (C=O) groups is 1. The molecule has 0 radical (unpaired) electrons. The summed E-state index contributed by atoms with van der Waals surface area (Å²) < 4.78 is 83.8. The van der Waals surface area contributed by atoms with E-state index in [1.165, 1.54) is 18.2 Å². The maximum atomic E-state index is 12.5. The maximum Gasteiger partial charge on any atom is 0.422 e. The van der Waals surface area contributed by atoms with Gasteiger partial charge in [0.1, 0.15) is 5.75 Å². The van der Waals surface area contributed by atoms with Crippen molar-refractivity contribution in [3.8, 4) is 11.6 Å². The number of ether oxygens (including phenoxy) is 2. The summed E-state index contributed by atoms with van der Waals surface area (Å²) in [5.41, 5.74) is -0.589. The molecule has 1 aromatic carbocycles. The number of aromatic nitrogens is 1. The molecule has 0 saturated carbocycles. The minimum atomic E-state index is -4.51. The summed E-state index contributed by atoms with van der Waals surface area (Å²) in [6.07, 6.45) is -8.98. The number of rotatable bonds is 7. The quantitative estimate of drug-likeness (QED) is 0.676. The number of hydrogen-bond acceptors (Lipinski definition) is 4. The Kier molecular flexibility index (Phi) is 6.93. The highest BCUT2D eigenvalue weighted by molar-refractivity contribution is 5.77. The van der Waals surface area contributed by atoms with E-state index in [4.69, 9.17) is 4.74 Å². The molecule has 158 valence electrons. The second-order valence-electron chi connectivity index (χ2n) is 5.90. The van der Waals surface area contributed by atoms with E-state index in [-0.39, 0.29) is 17.3 Å². The van der Waals surface area contributed by atoms with E-state index in [1.807, 2.05) is 0 Å². The second kappa shape index (κ2) is 9.01. The minimum Gasteiger partial charge on any atom is -0.484 e. The van der Waals surface area contributed by atoms with Gasteiger partial charge in [-0.15, -0.1) is 0 Å². The molecule has 2 rings (SSSR count). The molecule has 0 spiro atoms. The van der Waals surface area contributed by atoms with Crippen LogP contribution in [0.3, 0.4) is 0 Å². The van der Waals surface area contributed by atoms with Gasteiger partial charge in [0.15, 0.2) is 13.2 Å². The van der Waals surface area contributed by atoms with Crippen molar-refractivity contribution in [2.75, 3.05) is 13.2 Å². The van der Waals surface area contributed by atoms with Crippen LogP contribution in [0.4, 0.5) is 26.3 Å². The molecule has 1 N–H and O–H groups in total. The lowest BCUT2D eigenvalue weighted by Gasteiger charge is -2.15. The summed E-state index contributed by atoms with van der Waals surface area (Å²) in [6, 6.07) is 7.31. The largest absolute Gasteiger partial charge is 0.484 e. The zero-order chi connectivity index (χ0) is 21.7. The monoisotopic (exact) mass is 422 g/mol. The average Bonchev–Trinajstić information content (AvgIpc) is 2.64. The number of halogens is 6. The van der Waals surface area contributed by atoms with E-state index >= 15 is 0 Å². The molecule has 0 fully saturated rings. The molecule has 0 aliphatic carbocycles. The van der Waals surface area contributed by atoms with Gasteiger partial charge in [0, 0.05) is 6.07 Å². The van der Waals surface area contributed by atoms with Gasteiger partial charge in [-0.3, -0.25) is 4.79 Å². The molecule has 1 heterocycles. The Morgan fingerprint density at radius 1 is 1.03 bits per heavy atom. The van der Waals surface area contributed by atoms with Crippen LogP contribution in [0.15, 0.2) is 42.5 Å². The van der Waals surface area contributed by atoms with Crippen molar-refractivity contribution >= 4 is 5.91 Å². The highest BCUT2D eigenvalue weighted by Crippen LogP contribution is 2.30. The van der Waals surface area contributed by atoms with Gasteiger partial charge in [-0.1, -0.05) is 6.07 Å². The molecule has 1 aromatic heterocycles. The topological polar surface area (TPSA) is 60.5 Å². The van der Waals surface area contributed by atoms with Gasteiger partial charge in [-0.05, 0) is 37.3 Å². The summed E-state index contributed by atoms with van der Waals surface area (Å²) in [4.78, 5) is 15.8.